The van der Waals surface area contributed by atoms with Gasteiger partial charge < -0.3 is 9.90 Å². The Balaban J connectivity index is -0.0000000800. The number of rotatable bonds is 1. The van der Waals surface area contributed by atoms with Crippen molar-refractivity contribution in [2.75, 3.05) is 0 Å². The largest absolute Gasteiger partial charge is 1.00 e. The van der Waals surface area contributed by atoms with Crippen molar-refractivity contribution in [3.8, 4) is 0 Å². The van der Waals surface area contributed by atoms with Gasteiger partial charge in [-0.1, -0.05) is 6.92 Å². The van der Waals surface area contributed by atoms with Gasteiger partial charge in [-0.25, -0.2) is 0 Å². The van der Waals surface area contributed by atoms with E-state index in [0.29, 0.717) is 0 Å². The number of carboxylic acids is 1. The van der Waals surface area contributed by atoms with Crippen LogP contribution in [0.25, 0.3) is 0 Å². The first-order valence-electron chi connectivity index (χ1n) is 1.47. The van der Waals surface area contributed by atoms with Crippen LogP contribution in [0.15, 0.2) is 0 Å². The SMILES string of the molecule is CCC(=O)[O-].[B].[Na+]. The Morgan fingerprint density at radius 1 is 1.71 bits per heavy atom. The van der Waals surface area contributed by atoms with E-state index in [1.807, 2.05) is 0 Å². The van der Waals surface area contributed by atoms with Crippen molar-refractivity contribution in [1.82, 2.24) is 0 Å². The van der Waals surface area contributed by atoms with Gasteiger partial charge in [0.15, 0.2) is 0 Å². The Hall–Kier alpha value is 0.535. The Labute approximate surface area is 67.2 Å². The molecule has 0 saturated carbocycles. The van der Waals surface area contributed by atoms with Crippen LogP contribution in [0.1, 0.15) is 13.3 Å². The number of aliphatic carboxylic acids is 1. The number of carbonyl (C=O) groups excluding carboxylic acids is 1. The molecule has 0 aromatic carbocycles. The van der Waals surface area contributed by atoms with Crippen LogP contribution in [0.4, 0.5) is 0 Å². The van der Waals surface area contributed by atoms with E-state index >= 15 is 0 Å². The van der Waals surface area contributed by atoms with E-state index < -0.39 is 5.97 Å². The molecule has 2 nitrogen and oxygen atoms in total. The quantitative estimate of drug-likeness (QED) is 0.318. The van der Waals surface area contributed by atoms with Gasteiger partial charge in [0, 0.05) is 14.4 Å². The fourth-order valence-corrected chi connectivity index (χ4v) is 0. The smallest absolute Gasteiger partial charge is 0.550 e. The van der Waals surface area contributed by atoms with Gasteiger partial charge in [0.05, 0.1) is 0 Å². The van der Waals surface area contributed by atoms with Gasteiger partial charge in [-0.05, 0) is 6.42 Å². The van der Waals surface area contributed by atoms with Crippen molar-refractivity contribution in [2.45, 2.75) is 13.3 Å². The average molecular weight is 107 g/mol. The number of hydrogen-bond donors (Lipinski definition) is 0. The molecular formula is C3H5BNaO2. The van der Waals surface area contributed by atoms with Crippen LogP contribution in [0, 0.1) is 0 Å². The van der Waals surface area contributed by atoms with Crippen LogP contribution in [-0.4, -0.2) is 14.4 Å². The molecule has 0 aliphatic carbocycles. The predicted octanol–water partition coefficient (Wildman–Crippen LogP) is -4.23. The van der Waals surface area contributed by atoms with Crippen molar-refractivity contribution >= 4 is 14.4 Å². The van der Waals surface area contributed by atoms with E-state index in [-0.39, 0.29) is 44.4 Å². The summed E-state index contributed by atoms with van der Waals surface area (Å²) in [5.41, 5.74) is 0. The first-order valence-corrected chi connectivity index (χ1v) is 1.47. The second kappa shape index (κ2) is 9.73. The number of carbonyl (C=O) groups is 1. The van der Waals surface area contributed by atoms with Crippen molar-refractivity contribution in [1.29, 1.82) is 0 Å². The fraction of sp³-hybridized carbons (Fsp3) is 0.667. The van der Waals surface area contributed by atoms with Crippen LogP contribution in [0.5, 0.6) is 0 Å². The number of hydrogen-bond acceptors (Lipinski definition) is 2. The maximum absolute atomic E-state index is 9.26. The average Bonchev–Trinajstić information content (AvgIpc) is 1.38. The Morgan fingerprint density at radius 2 is 1.86 bits per heavy atom. The Bertz CT molecular complexity index is 48.2. The maximum Gasteiger partial charge on any atom is 1.00 e. The number of carboxylic acid groups (broad SMARTS) is 1. The normalized spacial score (nSPS) is 5.29. The molecule has 0 N–H and O–H groups in total. The molecule has 0 fully saturated rings. The van der Waals surface area contributed by atoms with Gasteiger partial charge in [0.2, 0.25) is 0 Å². The summed E-state index contributed by atoms with van der Waals surface area (Å²) >= 11 is 0. The van der Waals surface area contributed by atoms with Gasteiger partial charge in [-0.15, -0.1) is 0 Å². The molecule has 0 spiro atoms. The second-order valence-corrected chi connectivity index (χ2v) is 0.726. The molecule has 7 heavy (non-hydrogen) atoms. The van der Waals surface area contributed by atoms with Crippen LogP contribution < -0.4 is 34.7 Å². The molecule has 0 unspecified atom stereocenters. The van der Waals surface area contributed by atoms with Gasteiger partial charge in [0.25, 0.3) is 0 Å². The monoisotopic (exact) mass is 107 g/mol. The summed E-state index contributed by atoms with van der Waals surface area (Å²) in [6.07, 6.45) is 0.111. The summed E-state index contributed by atoms with van der Waals surface area (Å²) in [4.78, 5) is 9.26. The predicted molar refractivity (Wildman–Crippen MR) is 21.1 cm³/mol. The minimum atomic E-state index is -0.995. The third kappa shape index (κ3) is 20.9. The topological polar surface area (TPSA) is 40.1 Å². The summed E-state index contributed by atoms with van der Waals surface area (Å²) in [6, 6.07) is 0. The summed E-state index contributed by atoms with van der Waals surface area (Å²) in [5.74, 6) is -0.995. The van der Waals surface area contributed by atoms with Crippen LogP contribution in [-0.2, 0) is 4.79 Å². The van der Waals surface area contributed by atoms with Crippen LogP contribution >= 0.6 is 0 Å². The van der Waals surface area contributed by atoms with E-state index in [1.54, 1.807) is 0 Å². The maximum atomic E-state index is 9.26. The van der Waals surface area contributed by atoms with Crippen molar-refractivity contribution < 1.29 is 39.5 Å². The molecule has 3 radical (unpaired) electrons. The van der Waals surface area contributed by atoms with Crippen LogP contribution in [0.2, 0.25) is 0 Å². The van der Waals surface area contributed by atoms with E-state index in [1.165, 1.54) is 6.92 Å². The Morgan fingerprint density at radius 3 is 1.86 bits per heavy atom. The summed E-state index contributed by atoms with van der Waals surface area (Å²) in [5, 5.41) is 9.26. The van der Waals surface area contributed by atoms with Crippen molar-refractivity contribution in [2.24, 2.45) is 0 Å². The molecule has 0 bridgehead atoms. The third-order valence-corrected chi connectivity index (χ3v) is 0.289. The summed E-state index contributed by atoms with van der Waals surface area (Å²) in [7, 11) is 0. The molecule has 0 heterocycles. The molecule has 0 aliphatic rings. The molecule has 33 valence electrons. The molecule has 0 saturated heterocycles. The van der Waals surface area contributed by atoms with Gasteiger partial charge in [0.1, 0.15) is 0 Å². The van der Waals surface area contributed by atoms with Crippen molar-refractivity contribution in [3.05, 3.63) is 0 Å². The molecule has 0 rings (SSSR count). The fourth-order valence-electron chi connectivity index (χ4n) is 0. The molecule has 4 heteroatoms. The molecule has 0 aliphatic heterocycles. The third-order valence-electron chi connectivity index (χ3n) is 0.289. The molecule has 0 aromatic heterocycles. The van der Waals surface area contributed by atoms with E-state index in [4.69, 9.17) is 0 Å². The molecule has 0 aromatic rings. The van der Waals surface area contributed by atoms with E-state index in [0.717, 1.165) is 0 Å². The Kier molecular flexibility index (Phi) is 21.8. The van der Waals surface area contributed by atoms with Crippen LogP contribution in [0.3, 0.4) is 0 Å². The summed E-state index contributed by atoms with van der Waals surface area (Å²) in [6.45, 7) is 1.54. The second-order valence-electron chi connectivity index (χ2n) is 0.726. The summed E-state index contributed by atoms with van der Waals surface area (Å²) < 4.78 is 0. The minimum Gasteiger partial charge on any atom is -0.550 e. The van der Waals surface area contributed by atoms with E-state index in [2.05, 4.69) is 0 Å². The van der Waals surface area contributed by atoms with Gasteiger partial charge in [-0.3, -0.25) is 0 Å². The van der Waals surface area contributed by atoms with Crippen molar-refractivity contribution in [3.63, 3.8) is 0 Å². The standard InChI is InChI=1S/C3H6O2.B.Na/c1-2-3(4)5;;/h2H2,1H3,(H,4,5);;/q;;+1/p-1. The van der Waals surface area contributed by atoms with Gasteiger partial charge >= 0.3 is 29.6 Å². The molecular weight excluding hydrogens is 102 g/mol. The first kappa shape index (κ1) is 15.6. The molecule has 0 atom stereocenters. The zero-order valence-corrected chi connectivity index (χ0v) is 6.60. The van der Waals surface area contributed by atoms with E-state index in [9.17, 15) is 9.90 Å². The van der Waals surface area contributed by atoms with Gasteiger partial charge in [-0.2, -0.15) is 0 Å². The first-order chi connectivity index (χ1) is 2.27. The zero-order chi connectivity index (χ0) is 4.28. The minimum absolute atomic E-state index is 0. The zero-order valence-electron chi connectivity index (χ0n) is 4.60. The molecule has 0 amide bonds.